The fourth-order valence-electron chi connectivity index (χ4n) is 3.05. The number of hydrogen-bond acceptors (Lipinski definition) is 8. The Morgan fingerprint density at radius 3 is 2.75 bits per heavy atom. The van der Waals surface area contributed by atoms with Crippen molar-refractivity contribution < 1.29 is 9.53 Å². The number of nitrogens with zero attached hydrogens (tertiary/aromatic N) is 6. The van der Waals surface area contributed by atoms with Crippen molar-refractivity contribution in [3.8, 4) is 17.7 Å². The molecule has 4 rings (SSSR count). The molecule has 4 aromatic heterocycles. The maximum absolute atomic E-state index is 11.9. The molecule has 160 valence electrons. The molecule has 0 saturated carbocycles. The predicted octanol–water partition coefficient (Wildman–Crippen LogP) is 3.22. The zero-order valence-corrected chi connectivity index (χ0v) is 17.7. The molecule has 0 aliphatic rings. The maximum Gasteiger partial charge on any atom is 0.269 e. The van der Waals surface area contributed by atoms with Crippen LogP contribution in [0.25, 0.3) is 11.2 Å². The molecule has 0 aliphatic heterocycles. The number of imidazole rings is 1. The topological polar surface area (TPSA) is 131 Å². The lowest BCUT2D eigenvalue weighted by Crippen LogP contribution is -2.23. The van der Waals surface area contributed by atoms with E-state index >= 15 is 0 Å². The summed E-state index contributed by atoms with van der Waals surface area (Å²) in [5.74, 6) is 0.610. The standard InChI is InChI=1S/C22H20N8O2/c1-4-24-22(31)16-6-5-14(10-26-16)28-17-8-19(29-21-20(17)27-12-30(21)3)32-18-11-25-15(9-23)7-13(18)2/h5-8,10-12H,4H2,1-3H3,(H,24,31)(H,28,29). The predicted molar refractivity (Wildman–Crippen MR) is 118 cm³/mol. The Morgan fingerprint density at radius 2 is 2.06 bits per heavy atom. The van der Waals surface area contributed by atoms with Gasteiger partial charge >= 0.3 is 0 Å². The molecule has 0 radical (unpaired) electrons. The maximum atomic E-state index is 11.9. The zero-order chi connectivity index (χ0) is 22.7. The summed E-state index contributed by atoms with van der Waals surface area (Å²) in [6.07, 6.45) is 4.74. The third-order valence-corrected chi connectivity index (χ3v) is 4.65. The summed E-state index contributed by atoms with van der Waals surface area (Å²) in [5.41, 5.74) is 4.04. The molecule has 0 aliphatic carbocycles. The second-order valence-corrected chi connectivity index (χ2v) is 7.00. The quantitative estimate of drug-likeness (QED) is 0.479. The number of pyridine rings is 3. The van der Waals surface area contributed by atoms with E-state index in [0.717, 1.165) is 5.56 Å². The van der Waals surface area contributed by atoms with Crippen molar-refractivity contribution >= 4 is 28.4 Å². The largest absolute Gasteiger partial charge is 0.437 e. The minimum atomic E-state index is -0.225. The van der Waals surface area contributed by atoms with Crippen LogP contribution in [-0.2, 0) is 7.05 Å². The summed E-state index contributed by atoms with van der Waals surface area (Å²) >= 11 is 0. The first-order valence-corrected chi connectivity index (χ1v) is 9.86. The van der Waals surface area contributed by atoms with E-state index in [4.69, 9.17) is 10.00 Å². The van der Waals surface area contributed by atoms with E-state index in [9.17, 15) is 4.79 Å². The van der Waals surface area contributed by atoms with Crippen LogP contribution in [-0.4, -0.2) is 37.0 Å². The monoisotopic (exact) mass is 428 g/mol. The van der Waals surface area contributed by atoms with Crippen LogP contribution in [0.5, 0.6) is 11.6 Å². The van der Waals surface area contributed by atoms with Gasteiger partial charge in [-0.3, -0.25) is 4.79 Å². The molecule has 10 heteroatoms. The van der Waals surface area contributed by atoms with Gasteiger partial charge in [0.2, 0.25) is 5.88 Å². The van der Waals surface area contributed by atoms with Gasteiger partial charge in [0.15, 0.2) is 11.4 Å². The summed E-state index contributed by atoms with van der Waals surface area (Å²) in [7, 11) is 1.84. The van der Waals surface area contributed by atoms with Gasteiger partial charge in [-0.15, -0.1) is 0 Å². The van der Waals surface area contributed by atoms with E-state index in [0.29, 0.717) is 52.1 Å². The second kappa shape index (κ2) is 8.69. The zero-order valence-electron chi connectivity index (χ0n) is 17.7. The molecular formula is C22H20N8O2. The average molecular weight is 428 g/mol. The summed E-state index contributed by atoms with van der Waals surface area (Å²) < 4.78 is 7.75. The van der Waals surface area contributed by atoms with Crippen molar-refractivity contribution in [3.05, 3.63) is 59.9 Å². The van der Waals surface area contributed by atoms with E-state index in [1.807, 2.05) is 27.0 Å². The van der Waals surface area contributed by atoms with Gasteiger partial charge in [0, 0.05) is 19.7 Å². The van der Waals surface area contributed by atoms with Crippen LogP contribution in [0.1, 0.15) is 28.7 Å². The Balaban J connectivity index is 1.66. The van der Waals surface area contributed by atoms with Crippen LogP contribution in [0.15, 0.2) is 43.0 Å². The molecule has 0 unspecified atom stereocenters. The second-order valence-electron chi connectivity index (χ2n) is 7.00. The molecule has 0 fully saturated rings. The summed E-state index contributed by atoms with van der Waals surface area (Å²) in [4.78, 5) is 29.2. The highest BCUT2D eigenvalue weighted by Crippen LogP contribution is 2.31. The number of anilines is 2. The van der Waals surface area contributed by atoms with Crippen molar-refractivity contribution in [2.45, 2.75) is 13.8 Å². The van der Waals surface area contributed by atoms with Gasteiger partial charge in [-0.1, -0.05) is 0 Å². The fraction of sp³-hybridized carbons (Fsp3) is 0.182. The Labute approximate surface area is 183 Å². The molecule has 0 saturated heterocycles. The number of carbonyl (C=O) groups is 1. The minimum Gasteiger partial charge on any atom is -0.437 e. The fourth-order valence-corrected chi connectivity index (χ4v) is 3.05. The van der Waals surface area contributed by atoms with Crippen LogP contribution in [0, 0.1) is 18.3 Å². The normalized spacial score (nSPS) is 10.6. The van der Waals surface area contributed by atoms with E-state index < -0.39 is 0 Å². The third-order valence-electron chi connectivity index (χ3n) is 4.65. The van der Waals surface area contributed by atoms with Crippen molar-refractivity contribution in [3.63, 3.8) is 0 Å². The Kier molecular flexibility index (Phi) is 5.63. The molecule has 1 amide bonds. The first-order chi connectivity index (χ1) is 15.5. The number of nitrogens with one attached hydrogen (secondary N) is 2. The molecule has 2 N–H and O–H groups in total. The minimum absolute atomic E-state index is 0.225. The van der Waals surface area contributed by atoms with Gasteiger partial charge in [-0.25, -0.2) is 15.0 Å². The molecule has 4 aromatic rings. The number of rotatable bonds is 6. The molecule has 0 bridgehead atoms. The summed E-state index contributed by atoms with van der Waals surface area (Å²) in [6, 6.07) is 8.80. The number of ether oxygens (including phenoxy) is 1. The molecule has 0 spiro atoms. The lowest BCUT2D eigenvalue weighted by atomic mass is 10.2. The van der Waals surface area contributed by atoms with Crippen LogP contribution >= 0.6 is 0 Å². The van der Waals surface area contributed by atoms with Crippen LogP contribution in [0.4, 0.5) is 11.4 Å². The van der Waals surface area contributed by atoms with Gasteiger partial charge in [-0.2, -0.15) is 10.2 Å². The van der Waals surface area contributed by atoms with Crippen LogP contribution < -0.4 is 15.4 Å². The number of nitriles is 1. The number of hydrogen-bond donors (Lipinski definition) is 2. The van der Waals surface area contributed by atoms with E-state index in [1.54, 1.807) is 41.4 Å². The van der Waals surface area contributed by atoms with E-state index in [2.05, 4.69) is 30.6 Å². The van der Waals surface area contributed by atoms with Crippen molar-refractivity contribution in [2.24, 2.45) is 7.05 Å². The number of aryl methyl sites for hydroxylation is 2. The lowest BCUT2D eigenvalue weighted by Gasteiger charge is -2.12. The van der Waals surface area contributed by atoms with Crippen molar-refractivity contribution in [1.82, 2.24) is 29.8 Å². The van der Waals surface area contributed by atoms with Crippen molar-refractivity contribution in [2.75, 3.05) is 11.9 Å². The Hall–Kier alpha value is -4.52. The van der Waals surface area contributed by atoms with Gasteiger partial charge in [0.05, 0.1) is 30.1 Å². The van der Waals surface area contributed by atoms with Crippen molar-refractivity contribution in [1.29, 1.82) is 5.26 Å². The first kappa shape index (κ1) is 20.7. The number of aromatic nitrogens is 5. The van der Waals surface area contributed by atoms with Gasteiger partial charge < -0.3 is 19.9 Å². The summed E-state index contributed by atoms with van der Waals surface area (Å²) in [5, 5.41) is 15.0. The summed E-state index contributed by atoms with van der Waals surface area (Å²) in [6.45, 7) is 4.22. The van der Waals surface area contributed by atoms with Gasteiger partial charge in [-0.05, 0) is 37.6 Å². The highest BCUT2D eigenvalue weighted by Gasteiger charge is 2.14. The molecule has 32 heavy (non-hydrogen) atoms. The number of amides is 1. The highest BCUT2D eigenvalue weighted by atomic mass is 16.5. The van der Waals surface area contributed by atoms with E-state index in [-0.39, 0.29) is 5.91 Å². The molecule has 4 heterocycles. The Bertz CT molecular complexity index is 1340. The number of carbonyl (C=O) groups excluding carboxylic acids is 1. The average Bonchev–Trinajstić information content (AvgIpc) is 3.17. The van der Waals surface area contributed by atoms with Crippen LogP contribution in [0.2, 0.25) is 0 Å². The van der Waals surface area contributed by atoms with Crippen LogP contribution in [0.3, 0.4) is 0 Å². The molecule has 0 aromatic carbocycles. The third kappa shape index (κ3) is 4.17. The molecule has 10 nitrogen and oxygen atoms in total. The molecule has 0 atom stereocenters. The number of fused-ring (bicyclic) bond motifs is 1. The lowest BCUT2D eigenvalue weighted by molar-refractivity contribution is 0.0951. The SMILES string of the molecule is CCNC(=O)c1ccc(Nc2cc(Oc3cnc(C#N)cc3C)nc3c2ncn3C)cn1. The van der Waals surface area contributed by atoms with E-state index in [1.165, 1.54) is 6.20 Å². The first-order valence-electron chi connectivity index (χ1n) is 9.86. The smallest absolute Gasteiger partial charge is 0.269 e. The Morgan fingerprint density at radius 1 is 1.22 bits per heavy atom. The van der Waals surface area contributed by atoms with Gasteiger partial charge in [0.25, 0.3) is 5.91 Å². The molecular weight excluding hydrogens is 408 g/mol. The highest BCUT2D eigenvalue weighted by molar-refractivity contribution is 5.93. The van der Waals surface area contributed by atoms with Gasteiger partial charge in [0.1, 0.15) is 23.0 Å².